The van der Waals surface area contributed by atoms with E-state index in [0.717, 1.165) is 5.82 Å². The van der Waals surface area contributed by atoms with Crippen molar-refractivity contribution in [3.8, 4) is 0 Å². The Bertz CT molecular complexity index is 171. The van der Waals surface area contributed by atoms with Crippen LogP contribution in [-0.2, 0) is 0 Å². The monoisotopic (exact) mass is 108 g/mol. The predicted molar refractivity (Wildman–Crippen MR) is 37.7 cm³/mol. The maximum absolute atomic E-state index is 3.11. The van der Waals surface area contributed by atoms with Crippen LogP contribution < -0.4 is 5.23 Å². The van der Waals surface area contributed by atoms with Gasteiger partial charge in [0.05, 0.1) is 5.82 Å². The molecule has 0 radical (unpaired) electrons. The number of aryl methyl sites for hydroxylation is 1. The molecule has 42 valence electrons. The lowest BCUT2D eigenvalue weighted by atomic mass is 10.4. The van der Waals surface area contributed by atoms with Crippen LogP contribution in [0.1, 0.15) is 5.69 Å². The number of nitrogens with one attached hydrogen (secondary N) is 2. The van der Waals surface area contributed by atoms with Gasteiger partial charge in [-0.15, -0.1) is 0 Å². The van der Waals surface area contributed by atoms with Crippen LogP contribution in [0.4, 0.5) is 5.82 Å². The molecule has 0 aliphatic heterocycles. The molecule has 2 N–H and O–H groups in total. The predicted octanol–water partition coefficient (Wildman–Crippen LogP) is 0.283. The molecule has 0 amide bonds. The Hall–Kier alpha value is -0.855. The van der Waals surface area contributed by atoms with Gasteiger partial charge in [-0.3, -0.25) is 0 Å². The highest BCUT2D eigenvalue weighted by molar-refractivity contribution is 6.15. The van der Waals surface area contributed by atoms with E-state index in [1.165, 1.54) is 5.69 Å². The van der Waals surface area contributed by atoms with Crippen molar-refractivity contribution in [1.82, 2.24) is 4.98 Å². The number of anilines is 1. The van der Waals surface area contributed by atoms with Crippen molar-refractivity contribution in [2.24, 2.45) is 0 Å². The van der Waals surface area contributed by atoms with E-state index in [9.17, 15) is 0 Å². The van der Waals surface area contributed by atoms with Crippen molar-refractivity contribution in [1.29, 1.82) is 0 Å². The van der Waals surface area contributed by atoms with E-state index in [1.807, 2.05) is 27.0 Å². The highest BCUT2D eigenvalue weighted by Gasteiger charge is 1.86. The van der Waals surface area contributed by atoms with Crippen LogP contribution in [0.2, 0.25) is 0 Å². The first kappa shape index (κ1) is 5.28. The van der Waals surface area contributed by atoms with E-state index in [2.05, 4.69) is 10.2 Å². The van der Waals surface area contributed by atoms with Crippen LogP contribution in [0.15, 0.2) is 12.1 Å². The molecular formula is C5H9BN2. The number of hydrogen-bond donors (Lipinski definition) is 2. The van der Waals surface area contributed by atoms with E-state index in [1.54, 1.807) is 0 Å². The summed E-state index contributed by atoms with van der Waals surface area (Å²) in [4.78, 5) is 3.11. The molecule has 0 fully saturated rings. The van der Waals surface area contributed by atoms with Crippen LogP contribution in [0, 0.1) is 6.92 Å². The molecule has 0 atom stereocenters. The van der Waals surface area contributed by atoms with Crippen LogP contribution in [0.25, 0.3) is 0 Å². The fourth-order valence-corrected chi connectivity index (χ4v) is 0.650. The molecule has 0 saturated heterocycles. The standard InChI is InChI=1S/C5H9BN2/c1-4-2-3-5(7-4)8-6/h2-3,7-8H,6H2,1H3. The molecule has 0 bridgehead atoms. The molecular weight excluding hydrogens is 98.9 g/mol. The van der Waals surface area contributed by atoms with E-state index >= 15 is 0 Å². The third-order valence-corrected chi connectivity index (χ3v) is 1.10. The fraction of sp³-hybridized carbons (Fsp3) is 0.200. The average molecular weight is 108 g/mol. The van der Waals surface area contributed by atoms with Crippen molar-refractivity contribution in [3.63, 3.8) is 0 Å². The van der Waals surface area contributed by atoms with Crippen molar-refractivity contribution in [2.75, 3.05) is 5.23 Å². The molecule has 1 heterocycles. The number of aromatic amines is 1. The van der Waals surface area contributed by atoms with Crippen LogP contribution in [0.5, 0.6) is 0 Å². The highest BCUT2D eigenvalue weighted by atomic mass is 14.9. The second kappa shape index (κ2) is 1.94. The summed E-state index contributed by atoms with van der Waals surface area (Å²) in [5.41, 5.74) is 1.19. The molecule has 2 nitrogen and oxygen atoms in total. The Balaban J connectivity index is 2.84. The largest absolute Gasteiger partial charge is 0.421 e. The van der Waals surface area contributed by atoms with Gasteiger partial charge in [-0.1, -0.05) is 0 Å². The first-order valence-electron chi connectivity index (χ1n) is 2.66. The summed E-state index contributed by atoms with van der Waals surface area (Å²) >= 11 is 0. The van der Waals surface area contributed by atoms with Gasteiger partial charge in [-0.2, -0.15) is 0 Å². The van der Waals surface area contributed by atoms with E-state index in [4.69, 9.17) is 0 Å². The van der Waals surface area contributed by atoms with Crippen LogP contribution >= 0.6 is 0 Å². The second-order valence-electron chi connectivity index (χ2n) is 1.81. The molecule has 1 aromatic rings. The molecule has 0 aliphatic rings. The molecule has 0 saturated carbocycles. The molecule has 3 heteroatoms. The lowest BCUT2D eigenvalue weighted by Gasteiger charge is -1.89. The lowest BCUT2D eigenvalue weighted by Crippen LogP contribution is -1.88. The zero-order chi connectivity index (χ0) is 5.98. The summed E-state index contributed by atoms with van der Waals surface area (Å²) in [6.45, 7) is 2.03. The molecule has 0 aliphatic carbocycles. The Morgan fingerprint density at radius 2 is 2.38 bits per heavy atom. The van der Waals surface area contributed by atoms with Gasteiger partial charge in [0.2, 0.25) is 7.98 Å². The summed E-state index contributed by atoms with van der Waals surface area (Å²) in [7, 11) is 1.89. The topological polar surface area (TPSA) is 27.8 Å². The molecule has 1 rings (SSSR count). The van der Waals surface area contributed by atoms with E-state index in [-0.39, 0.29) is 0 Å². The van der Waals surface area contributed by atoms with Crippen molar-refractivity contribution in [3.05, 3.63) is 17.8 Å². The Morgan fingerprint density at radius 1 is 1.62 bits per heavy atom. The van der Waals surface area contributed by atoms with Gasteiger partial charge in [0.15, 0.2) is 0 Å². The van der Waals surface area contributed by atoms with Crippen LogP contribution in [-0.4, -0.2) is 13.0 Å². The quantitative estimate of drug-likeness (QED) is 0.497. The van der Waals surface area contributed by atoms with Gasteiger partial charge in [0, 0.05) is 5.69 Å². The minimum absolute atomic E-state index is 1.07. The zero-order valence-corrected chi connectivity index (χ0v) is 5.15. The van der Waals surface area contributed by atoms with Crippen molar-refractivity contribution < 1.29 is 0 Å². The number of H-pyrrole nitrogens is 1. The molecule has 0 spiro atoms. The summed E-state index contributed by atoms with van der Waals surface area (Å²) in [6.07, 6.45) is 0. The van der Waals surface area contributed by atoms with Gasteiger partial charge in [0.1, 0.15) is 0 Å². The SMILES string of the molecule is BNc1ccc(C)[nH]1. The number of aromatic nitrogens is 1. The van der Waals surface area contributed by atoms with Gasteiger partial charge >= 0.3 is 0 Å². The maximum atomic E-state index is 3.11. The third-order valence-electron chi connectivity index (χ3n) is 1.10. The van der Waals surface area contributed by atoms with Crippen LogP contribution in [0.3, 0.4) is 0 Å². The fourth-order valence-electron chi connectivity index (χ4n) is 0.650. The van der Waals surface area contributed by atoms with E-state index < -0.39 is 0 Å². The normalized spacial score (nSPS) is 9.12. The zero-order valence-electron chi connectivity index (χ0n) is 5.15. The highest BCUT2D eigenvalue weighted by Crippen LogP contribution is 2.02. The Labute approximate surface area is 49.7 Å². The van der Waals surface area contributed by atoms with Gasteiger partial charge < -0.3 is 10.2 Å². The van der Waals surface area contributed by atoms with Gasteiger partial charge in [-0.05, 0) is 19.1 Å². The third kappa shape index (κ3) is 0.859. The maximum Gasteiger partial charge on any atom is 0.215 e. The summed E-state index contributed by atoms with van der Waals surface area (Å²) < 4.78 is 0. The number of rotatable bonds is 1. The smallest absolute Gasteiger partial charge is 0.215 e. The van der Waals surface area contributed by atoms with Crippen molar-refractivity contribution in [2.45, 2.75) is 6.92 Å². The lowest BCUT2D eigenvalue weighted by molar-refractivity contribution is 1.27. The van der Waals surface area contributed by atoms with Crippen molar-refractivity contribution >= 4 is 13.8 Å². The summed E-state index contributed by atoms with van der Waals surface area (Å²) in [5.74, 6) is 1.07. The molecule has 0 aromatic carbocycles. The van der Waals surface area contributed by atoms with E-state index in [0.29, 0.717) is 0 Å². The minimum Gasteiger partial charge on any atom is -0.421 e. The summed E-state index contributed by atoms with van der Waals surface area (Å²) in [5, 5.41) is 2.99. The summed E-state index contributed by atoms with van der Waals surface area (Å²) in [6, 6.07) is 4.04. The Morgan fingerprint density at radius 3 is 2.62 bits per heavy atom. The van der Waals surface area contributed by atoms with Gasteiger partial charge in [0.25, 0.3) is 0 Å². The number of hydrogen-bond acceptors (Lipinski definition) is 1. The first-order chi connectivity index (χ1) is 3.83. The molecule has 1 aromatic heterocycles. The second-order valence-corrected chi connectivity index (χ2v) is 1.81. The Kier molecular flexibility index (Phi) is 1.28. The molecule has 0 unspecified atom stereocenters. The van der Waals surface area contributed by atoms with Gasteiger partial charge in [-0.25, -0.2) is 0 Å². The average Bonchev–Trinajstić information content (AvgIpc) is 2.14. The molecule has 8 heavy (non-hydrogen) atoms. The minimum atomic E-state index is 1.07. The first-order valence-corrected chi connectivity index (χ1v) is 2.66.